The molecule has 2 aromatic heterocycles. The molecule has 2 amide bonds. The van der Waals surface area contributed by atoms with Gasteiger partial charge in [0.25, 0.3) is 0 Å². The first-order valence-corrected chi connectivity index (χ1v) is 12.8. The van der Waals surface area contributed by atoms with Crippen LogP contribution in [-0.2, 0) is 14.3 Å². The molecule has 192 valence electrons. The van der Waals surface area contributed by atoms with E-state index in [2.05, 4.69) is 30.7 Å². The number of rotatable bonds is 9. The zero-order valence-corrected chi connectivity index (χ0v) is 20.9. The first-order valence-electron chi connectivity index (χ1n) is 12.8. The molecule has 9 heteroatoms. The Morgan fingerprint density at radius 2 is 1.95 bits per heavy atom. The van der Waals surface area contributed by atoms with E-state index in [0.717, 1.165) is 55.2 Å². The van der Waals surface area contributed by atoms with Crippen LogP contribution in [0, 0.1) is 0 Å². The molecule has 3 heterocycles. The van der Waals surface area contributed by atoms with Crippen molar-refractivity contribution in [3.63, 3.8) is 0 Å². The van der Waals surface area contributed by atoms with Crippen LogP contribution in [0.5, 0.6) is 0 Å². The Morgan fingerprint density at radius 3 is 2.70 bits per heavy atom. The highest BCUT2D eigenvalue weighted by molar-refractivity contribution is 5.98. The highest BCUT2D eigenvalue weighted by Gasteiger charge is 2.26. The highest BCUT2D eigenvalue weighted by Crippen LogP contribution is 2.39. The lowest BCUT2D eigenvalue weighted by atomic mass is 9.96. The summed E-state index contributed by atoms with van der Waals surface area (Å²) in [6, 6.07) is 13.5. The fourth-order valence-electron chi connectivity index (χ4n) is 4.28. The number of carbonyl (C=O) groups excluding carboxylic acids is 2. The van der Waals surface area contributed by atoms with Crippen molar-refractivity contribution in [2.45, 2.75) is 31.6 Å². The number of carbonyl (C=O) groups is 2. The van der Waals surface area contributed by atoms with Crippen LogP contribution in [-0.4, -0.2) is 64.7 Å². The summed E-state index contributed by atoms with van der Waals surface area (Å²) in [5.74, 6) is 0.931. The van der Waals surface area contributed by atoms with Crippen molar-refractivity contribution in [1.29, 1.82) is 0 Å². The van der Waals surface area contributed by atoms with Crippen LogP contribution in [0.15, 0.2) is 60.8 Å². The van der Waals surface area contributed by atoms with E-state index in [1.165, 1.54) is 18.9 Å². The Kier molecular flexibility index (Phi) is 7.72. The Balaban J connectivity index is 1.16. The lowest BCUT2D eigenvalue weighted by Crippen LogP contribution is -2.36. The molecular formula is C28H32N6O3. The van der Waals surface area contributed by atoms with Gasteiger partial charge < -0.3 is 15.4 Å². The van der Waals surface area contributed by atoms with Gasteiger partial charge in [0.1, 0.15) is 5.82 Å². The van der Waals surface area contributed by atoms with Crippen molar-refractivity contribution in [2.75, 3.05) is 43.5 Å². The maximum atomic E-state index is 12.8. The second-order valence-electron chi connectivity index (χ2n) is 9.56. The van der Waals surface area contributed by atoms with Gasteiger partial charge in [-0.05, 0) is 43.0 Å². The Morgan fingerprint density at radius 1 is 1.11 bits per heavy atom. The molecule has 1 atom stereocenters. The van der Waals surface area contributed by atoms with Crippen LogP contribution in [0.2, 0.25) is 0 Å². The third-order valence-electron chi connectivity index (χ3n) is 6.73. The third kappa shape index (κ3) is 6.69. The molecule has 9 nitrogen and oxygen atoms in total. The van der Waals surface area contributed by atoms with Crippen molar-refractivity contribution in [2.24, 2.45) is 0 Å². The van der Waals surface area contributed by atoms with Crippen molar-refractivity contribution < 1.29 is 14.3 Å². The lowest BCUT2D eigenvalue weighted by molar-refractivity contribution is -0.117. The van der Waals surface area contributed by atoms with Gasteiger partial charge in [-0.2, -0.15) is 5.10 Å². The fourth-order valence-corrected chi connectivity index (χ4v) is 4.28. The van der Waals surface area contributed by atoms with Crippen LogP contribution in [0.1, 0.15) is 42.9 Å². The Hall–Kier alpha value is -3.82. The first-order chi connectivity index (χ1) is 18.0. The number of ether oxygens (including phenoxy) is 1. The van der Waals surface area contributed by atoms with Crippen LogP contribution in [0.25, 0.3) is 11.1 Å². The number of morpholine rings is 1. The number of nitrogens with one attached hydrogen (secondary N) is 3. The summed E-state index contributed by atoms with van der Waals surface area (Å²) in [6.07, 6.45) is 7.47. The number of anilines is 2. The molecule has 0 bridgehead atoms. The van der Waals surface area contributed by atoms with Gasteiger partial charge in [0, 0.05) is 55.1 Å². The molecule has 3 aromatic rings. The van der Waals surface area contributed by atoms with Crippen LogP contribution in [0.4, 0.5) is 11.6 Å². The molecule has 1 saturated heterocycles. The van der Waals surface area contributed by atoms with Gasteiger partial charge in [-0.3, -0.25) is 19.6 Å². The fraction of sp³-hybridized carbons (Fsp3) is 0.357. The highest BCUT2D eigenvalue weighted by atomic mass is 16.5. The minimum absolute atomic E-state index is 0.108. The number of amides is 2. The molecule has 0 radical (unpaired) electrons. The zero-order valence-electron chi connectivity index (χ0n) is 20.9. The zero-order chi connectivity index (χ0) is 25.6. The summed E-state index contributed by atoms with van der Waals surface area (Å²) in [6.45, 7) is 5.83. The second kappa shape index (κ2) is 11.5. The predicted molar refractivity (Wildman–Crippen MR) is 142 cm³/mol. The average Bonchev–Trinajstić information content (AvgIpc) is 3.68. The van der Waals surface area contributed by atoms with E-state index in [9.17, 15) is 9.59 Å². The molecular weight excluding hydrogens is 468 g/mol. The van der Waals surface area contributed by atoms with E-state index in [-0.39, 0.29) is 17.7 Å². The number of benzene rings is 1. The maximum absolute atomic E-state index is 12.8. The van der Waals surface area contributed by atoms with Crippen molar-refractivity contribution >= 4 is 23.5 Å². The van der Waals surface area contributed by atoms with Gasteiger partial charge in [-0.25, -0.2) is 4.98 Å². The quantitative estimate of drug-likeness (QED) is 0.384. The van der Waals surface area contributed by atoms with E-state index in [0.29, 0.717) is 17.6 Å². The van der Waals surface area contributed by atoms with E-state index >= 15 is 0 Å². The number of aromatic amines is 1. The number of hydrogen-bond acceptors (Lipinski definition) is 6. The molecule has 5 rings (SSSR count). The third-order valence-corrected chi connectivity index (χ3v) is 6.73. The van der Waals surface area contributed by atoms with Crippen molar-refractivity contribution in [1.82, 2.24) is 20.1 Å². The molecule has 1 saturated carbocycles. The molecule has 2 fully saturated rings. The molecule has 0 spiro atoms. The summed E-state index contributed by atoms with van der Waals surface area (Å²) in [4.78, 5) is 31.7. The summed E-state index contributed by atoms with van der Waals surface area (Å²) < 4.78 is 5.33. The Labute approximate surface area is 216 Å². The number of nitrogens with zero attached hydrogens (tertiary/aromatic N) is 3. The predicted octanol–water partition coefficient (Wildman–Crippen LogP) is 3.92. The normalized spacial score (nSPS) is 17.0. The largest absolute Gasteiger partial charge is 0.379 e. The molecule has 37 heavy (non-hydrogen) atoms. The minimum Gasteiger partial charge on any atom is -0.379 e. The monoisotopic (exact) mass is 500 g/mol. The molecule has 2 aliphatic rings. The average molecular weight is 501 g/mol. The molecule has 1 aromatic carbocycles. The summed E-state index contributed by atoms with van der Waals surface area (Å²) >= 11 is 0. The molecule has 0 unspecified atom stereocenters. The lowest BCUT2D eigenvalue weighted by Gasteiger charge is -2.24. The van der Waals surface area contributed by atoms with Gasteiger partial charge in [-0.1, -0.05) is 30.3 Å². The van der Waals surface area contributed by atoms with Crippen molar-refractivity contribution in [3.05, 3.63) is 72.1 Å². The summed E-state index contributed by atoms with van der Waals surface area (Å²) in [5.41, 5.74) is 3.83. The number of hydrogen-bond donors (Lipinski definition) is 3. The summed E-state index contributed by atoms with van der Waals surface area (Å²) in [5, 5.41) is 12.9. The number of aromatic nitrogens is 3. The molecule has 1 aliphatic heterocycles. The van der Waals surface area contributed by atoms with E-state index in [4.69, 9.17) is 4.74 Å². The van der Waals surface area contributed by atoms with Gasteiger partial charge in [0.15, 0.2) is 5.82 Å². The maximum Gasteiger partial charge on any atom is 0.249 e. The van der Waals surface area contributed by atoms with E-state index in [1.807, 2.05) is 49.4 Å². The topological polar surface area (TPSA) is 112 Å². The molecule has 3 N–H and O–H groups in total. The van der Waals surface area contributed by atoms with Crippen LogP contribution in [0.3, 0.4) is 0 Å². The SMILES string of the molecule is C[C@H](C(=O)Nc1cc(C2CC2)[nH]n1)c1cccc(-c2ccc(NC(=O)/C=C/CN3CCOCC3)nc2)c1. The minimum atomic E-state index is -0.350. The number of H-pyrrole nitrogens is 1. The van der Waals surface area contributed by atoms with E-state index in [1.54, 1.807) is 12.3 Å². The first kappa shape index (κ1) is 24.9. The number of pyridine rings is 1. The standard InChI is InChI=1S/C28H32N6O3/c1-19(28(36)31-26-17-24(32-33-26)20-7-8-20)21-4-2-5-22(16-21)23-9-10-25(29-18-23)30-27(35)6-3-11-34-12-14-37-15-13-34/h2-6,9-10,16-20H,7-8,11-15H2,1H3,(H,29,30,35)(H2,31,32,33,36)/b6-3+/t19-/m0/s1. The Bertz CT molecular complexity index is 1260. The van der Waals surface area contributed by atoms with Gasteiger partial charge >= 0.3 is 0 Å². The smallest absolute Gasteiger partial charge is 0.249 e. The van der Waals surface area contributed by atoms with Crippen LogP contribution >= 0.6 is 0 Å². The summed E-state index contributed by atoms with van der Waals surface area (Å²) in [7, 11) is 0. The van der Waals surface area contributed by atoms with E-state index < -0.39 is 0 Å². The van der Waals surface area contributed by atoms with Gasteiger partial charge in [0.05, 0.1) is 19.1 Å². The van der Waals surface area contributed by atoms with Gasteiger partial charge in [-0.15, -0.1) is 0 Å². The van der Waals surface area contributed by atoms with Crippen molar-refractivity contribution in [3.8, 4) is 11.1 Å². The molecule has 1 aliphatic carbocycles. The van der Waals surface area contributed by atoms with Crippen LogP contribution < -0.4 is 10.6 Å². The van der Waals surface area contributed by atoms with Gasteiger partial charge in [0.2, 0.25) is 11.8 Å². The second-order valence-corrected chi connectivity index (χ2v) is 9.56.